The molecule has 1 N–H and O–H groups in total. The van der Waals surface area contributed by atoms with Crippen LogP contribution in [-0.4, -0.2) is 11.5 Å². The molecule has 1 aliphatic rings. The molecular weight excluding hydrogens is 244 g/mol. The van der Waals surface area contributed by atoms with Crippen LogP contribution >= 0.6 is 0 Å². The largest absolute Gasteiger partial charge is 0.310 e. The smallest absolute Gasteiger partial charge is 0.0705 e. The molecule has 1 saturated carbocycles. The zero-order valence-electron chi connectivity index (χ0n) is 12.3. The minimum atomic E-state index is 0.480. The minimum absolute atomic E-state index is 0.480. The van der Waals surface area contributed by atoms with Gasteiger partial charge in [-0.25, -0.2) is 0 Å². The van der Waals surface area contributed by atoms with E-state index in [2.05, 4.69) is 47.6 Å². The van der Waals surface area contributed by atoms with Crippen LogP contribution < -0.4 is 5.32 Å². The van der Waals surface area contributed by atoms with Crippen LogP contribution in [0.2, 0.25) is 0 Å². The lowest BCUT2D eigenvalue weighted by Crippen LogP contribution is -2.29. The number of aromatic nitrogens is 1. The van der Waals surface area contributed by atoms with Gasteiger partial charge >= 0.3 is 0 Å². The van der Waals surface area contributed by atoms with Crippen molar-refractivity contribution in [3.8, 4) is 0 Å². The molecule has 0 radical (unpaired) electrons. The Morgan fingerprint density at radius 2 is 2.00 bits per heavy atom. The van der Waals surface area contributed by atoms with E-state index in [4.69, 9.17) is 0 Å². The summed E-state index contributed by atoms with van der Waals surface area (Å²) < 4.78 is 0. The first-order valence-electron chi connectivity index (χ1n) is 7.97. The first kappa shape index (κ1) is 13.6. The normalized spacial score (nSPS) is 18.2. The van der Waals surface area contributed by atoms with E-state index < -0.39 is 0 Å². The number of nitrogens with zero attached hydrogens (tertiary/aromatic N) is 1. The zero-order chi connectivity index (χ0) is 13.8. The van der Waals surface area contributed by atoms with Gasteiger partial charge in [0.1, 0.15) is 0 Å². The van der Waals surface area contributed by atoms with Crippen LogP contribution in [0.1, 0.15) is 50.6 Å². The number of hydrogen-bond donors (Lipinski definition) is 1. The fraction of sp³-hybridized carbons (Fsp3) is 0.500. The van der Waals surface area contributed by atoms with E-state index in [1.54, 1.807) is 0 Å². The summed E-state index contributed by atoms with van der Waals surface area (Å²) in [5.41, 5.74) is 2.55. The SMILES string of the molecule is CCNC(c1cccc2ncccc12)C1CCCCC1. The van der Waals surface area contributed by atoms with Crippen molar-refractivity contribution in [3.63, 3.8) is 0 Å². The highest BCUT2D eigenvalue weighted by Gasteiger charge is 2.25. The molecule has 2 nitrogen and oxygen atoms in total. The predicted octanol–water partition coefficient (Wildman–Crippen LogP) is 4.47. The summed E-state index contributed by atoms with van der Waals surface area (Å²) in [6.45, 7) is 3.23. The number of rotatable bonds is 4. The third kappa shape index (κ3) is 2.71. The molecule has 1 fully saturated rings. The number of nitrogens with one attached hydrogen (secondary N) is 1. The van der Waals surface area contributed by atoms with Crippen LogP contribution in [-0.2, 0) is 0 Å². The summed E-state index contributed by atoms with van der Waals surface area (Å²) in [7, 11) is 0. The number of benzene rings is 1. The van der Waals surface area contributed by atoms with E-state index in [0.717, 1.165) is 18.0 Å². The molecule has 1 unspecified atom stereocenters. The van der Waals surface area contributed by atoms with Gasteiger partial charge < -0.3 is 5.32 Å². The molecule has 1 aliphatic carbocycles. The maximum absolute atomic E-state index is 4.50. The van der Waals surface area contributed by atoms with Gasteiger partial charge in [0.15, 0.2) is 0 Å². The van der Waals surface area contributed by atoms with E-state index in [1.165, 1.54) is 43.1 Å². The molecule has 2 aromatic rings. The van der Waals surface area contributed by atoms with Gasteiger partial charge in [-0.15, -0.1) is 0 Å². The van der Waals surface area contributed by atoms with E-state index >= 15 is 0 Å². The molecule has 0 saturated heterocycles. The maximum atomic E-state index is 4.50. The average molecular weight is 268 g/mol. The van der Waals surface area contributed by atoms with Crippen molar-refractivity contribution >= 4 is 10.9 Å². The van der Waals surface area contributed by atoms with Crippen LogP contribution in [0, 0.1) is 5.92 Å². The minimum Gasteiger partial charge on any atom is -0.310 e. The first-order chi connectivity index (χ1) is 9.90. The van der Waals surface area contributed by atoms with Crippen molar-refractivity contribution < 1.29 is 0 Å². The van der Waals surface area contributed by atoms with E-state index in [1.807, 2.05) is 6.20 Å². The summed E-state index contributed by atoms with van der Waals surface area (Å²) in [5, 5.41) is 5.04. The quantitative estimate of drug-likeness (QED) is 0.885. The van der Waals surface area contributed by atoms with Crippen LogP contribution in [0.15, 0.2) is 36.5 Å². The number of hydrogen-bond acceptors (Lipinski definition) is 2. The van der Waals surface area contributed by atoms with Crippen LogP contribution in [0.3, 0.4) is 0 Å². The van der Waals surface area contributed by atoms with Crippen LogP contribution in [0.4, 0.5) is 0 Å². The Balaban J connectivity index is 2.00. The van der Waals surface area contributed by atoms with Gasteiger partial charge in [0, 0.05) is 17.6 Å². The van der Waals surface area contributed by atoms with Gasteiger partial charge in [-0.2, -0.15) is 0 Å². The summed E-state index contributed by atoms with van der Waals surface area (Å²) in [5.74, 6) is 0.773. The Bertz CT molecular complexity index is 553. The lowest BCUT2D eigenvalue weighted by Gasteiger charge is -2.32. The second kappa shape index (κ2) is 6.36. The second-order valence-electron chi connectivity index (χ2n) is 5.85. The fourth-order valence-electron chi connectivity index (χ4n) is 3.62. The second-order valence-corrected chi connectivity index (χ2v) is 5.85. The Morgan fingerprint density at radius 1 is 1.15 bits per heavy atom. The molecule has 0 aliphatic heterocycles. The first-order valence-corrected chi connectivity index (χ1v) is 7.97. The molecule has 1 aromatic carbocycles. The third-order valence-corrected chi connectivity index (χ3v) is 4.56. The Labute approximate surface area is 121 Å². The van der Waals surface area contributed by atoms with Crippen LogP contribution in [0.5, 0.6) is 0 Å². The fourth-order valence-corrected chi connectivity index (χ4v) is 3.62. The molecule has 1 aromatic heterocycles. The van der Waals surface area contributed by atoms with Gasteiger partial charge in [0.05, 0.1) is 5.52 Å². The van der Waals surface area contributed by atoms with Crippen molar-refractivity contribution in [2.24, 2.45) is 5.92 Å². The standard InChI is InChI=1S/C18H24N2/c1-2-19-18(14-8-4-3-5-9-14)16-10-6-12-17-15(16)11-7-13-20-17/h6-7,10-14,18-19H,2-5,8-9H2,1H3. The lowest BCUT2D eigenvalue weighted by molar-refractivity contribution is 0.275. The van der Waals surface area contributed by atoms with Crippen molar-refractivity contribution in [2.45, 2.75) is 45.1 Å². The van der Waals surface area contributed by atoms with Crippen molar-refractivity contribution in [1.82, 2.24) is 10.3 Å². The van der Waals surface area contributed by atoms with E-state index in [9.17, 15) is 0 Å². The van der Waals surface area contributed by atoms with Crippen molar-refractivity contribution in [1.29, 1.82) is 0 Å². The average Bonchev–Trinajstić information content (AvgIpc) is 2.53. The molecule has 106 valence electrons. The molecule has 0 spiro atoms. The Morgan fingerprint density at radius 3 is 2.80 bits per heavy atom. The lowest BCUT2D eigenvalue weighted by atomic mass is 9.80. The number of pyridine rings is 1. The van der Waals surface area contributed by atoms with Gasteiger partial charge in [0.25, 0.3) is 0 Å². The Hall–Kier alpha value is -1.41. The van der Waals surface area contributed by atoms with Crippen molar-refractivity contribution in [2.75, 3.05) is 6.54 Å². The third-order valence-electron chi connectivity index (χ3n) is 4.56. The van der Waals surface area contributed by atoms with Crippen LogP contribution in [0.25, 0.3) is 10.9 Å². The van der Waals surface area contributed by atoms with E-state index in [-0.39, 0.29) is 0 Å². The summed E-state index contributed by atoms with van der Waals surface area (Å²) in [6.07, 6.45) is 8.77. The highest BCUT2D eigenvalue weighted by atomic mass is 14.9. The topological polar surface area (TPSA) is 24.9 Å². The zero-order valence-corrected chi connectivity index (χ0v) is 12.3. The predicted molar refractivity (Wildman–Crippen MR) is 84.7 cm³/mol. The molecule has 2 heteroatoms. The molecule has 0 amide bonds. The monoisotopic (exact) mass is 268 g/mol. The highest BCUT2D eigenvalue weighted by Crippen LogP contribution is 2.36. The molecule has 20 heavy (non-hydrogen) atoms. The molecule has 1 atom stereocenters. The van der Waals surface area contributed by atoms with Gasteiger partial charge in [-0.3, -0.25) is 4.98 Å². The van der Waals surface area contributed by atoms with Crippen molar-refractivity contribution in [3.05, 3.63) is 42.1 Å². The molecular formula is C18H24N2. The molecule has 1 heterocycles. The van der Waals surface area contributed by atoms with Gasteiger partial charge in [-0.05, 0) is 43.0 Å². The number of fused-ring (bicyclic) bond motifs is 1. The molecule has 0 bridgehead atoms. The summed E-state index contributed by atoms with van der Waals surface area (Å²) in [4.78, 5) is 4.50. The summed E-state index contributed by atoms with van der Waals surface area (Å²) in [6, 6.07) is 11.3. The Kier molecular flexibility index (Phi) is 4.31. The maximum Gasteiger partial charge on any atom is 0.0705 e. The van der Waals surface area contributed by atoms with Gasteiger partial charge in [-0.1, -0.05) is 44.4 Å². The van der Waals surface area contributed by atoms with Gasteiger partial charge in [0.2, 0.25) is 0 Å². The van der Waals surface area contributed by atoms with E-state index in [0.29, 0.717) is 6.04 Å². The summed E-state index contributed by atoms with van der Waals surface area (Å²) >= 11 is 0. The molecule has 3 rings (SSSR count). The highest BCUT2D eigenvalue weighted by molar-refractivity contribution is 5.82.